The van der Waals surface area contributed by atoms with Crippen LogP contribution in [0.1, 0.15) is 16.7 Å². The average Bonchev–Trinajstić information content (AvgIpc) is 3.21. The standard InChI is InChI=1S/C23H17N5O2/c29-19-14-16-10-4-5-11-17(16)20(15-8-2-1-3-9-15)25-21(19)26-23-28-27-22(30-23)18-12-6-7-13-24-18/h1-13,21H,14H2,(H,26,28). The number of hydrogen-bond acceptors (Lipinski definition) is 7. The van der Waals surface area contributed by atoms with Gasteiger partial charge in [-0.3, -0.25) is 14.8 Å². The summed E-state index contributed by atoms with van der Waals surface area (Å²) in [5.41, 5.74) is 4.13. The lowest BCUT2D eigenvalue weighted by Gasteiger charge is -2.11. The Morgan fingerprint density at radius 1 is 0.900 bits per heavy atom. The maximum Gasteiger partial charge on any atom is 0.317 e. The van der Waals surface area contributed by atoms with Crippen molar-refractivity contribution in [3.63, 3.8) is 0 Å². The van der Waals surface area contributed by atoms with Gasteiger partial charge in [-0.25, -0.2) is 0 Å². The fourth-order valence-electron chi connectivity index (χ4n) is 3.39. The highest BCUT2D eigenvalue weighted by Gasteiger charge is 2.27. The Morgan fingerprint density at radius 3 is 2.53 bits per heavy atom. The monoisotopic (exact) mass is 395 g/mol. The average molecular weight is 395 g/mol. The zero-order chi connectivity index (χ0) is 20.3. The predicted octanol–water partition coefficient (Wildman–Crippen LogP) is 3.53. The third-order valence-electron chi connectivity index (χ3n) is 4.82. The lowest BCUT2D eigenvalue weighted by atomic mass is 9.96. The molecule has 0 bridgehead atoms. The number of Topliss-reactive ketones (excluding diaryl/α,β-unsaturated/α-hetero) is 1. The molecular weight excluding hydrogens is 378 g/mol. The van der Waals surface area contributed by atoms with Gasteiger partial charge in [0, 0.05) is 23.7 Å². The van der Waals surface area contributed by atoms with Crippen molar-refractivity contribution in [1.82, 2.24) is 15.2 Å². The number of benzene rings is 2. The van der Waals surface area contributed by atoms with E-state index in [1.54, 1.807) is 18.3 Å². The fraction of sp³-hybridized carbons (Fsp3) is 0.0870. The number of aliphatic imine (C=N–C) groups is 1. The van der Waals surface area contributed by atoms with Crippen molar-refractivity contribution in [1.29, 1.82) is 0 Å². The first-order chi connectivity index (χ1) is 14.8. The van der Waals surface area contributed by atoms with Gasteiger partial charge in [0.05, 0.1) is 5.71 Å². The minimum Gasteiger partial charge on any atom is -0.402 e. The van der Waals surface area contributed by atoms with E-state index in [0.717, 1.165) is 22.4 Å². The second-order valence-corrected chi connectivity index (χ2v) is 6.82. The van der Waals surface area contributed by atoms with E-state index in [4.69, 9.17) is 9.41 Å². The van der Waals surface area contributed by atoms with E-state index >= 15 is 0 Å². The highest BCUT2D eigenvalue weighted by atomic mass is 16.4. The van der Waals surface area contributed by atoms with E-state index in [1.165, 1.54) is 0 Å². The molecule has 2 aromatic heterocycles. The Balaban J connectivity index is 1.51. The predicted molar refractivity (Wildman–Crippen MR) is 112 cm³/mol. The fourth-order valence-corrected chi connectivity index (χ4v) is 3.39. The minimum absolute atomic E-state index is 0.0778. The van der Waals surface area contributed by atoms with E-state index in [1.807, 2.05) is 60.7 Å². The molecule has 1 N–H and O–H groups in total. The molecule has 30 heavy (non-hydrogen) atoms. The van der Waals surface area contributed by atoms with Crippen LogP contribution in [0.2, 0.25) is 0 Å². The van der Waals surface area contributed by atoms with Gasteiger partial charge in [-0.05, 0) is 17.7 Å². The van der Waals surface area contributed by atoms with Crippen LogP contribution in [-0.4, -0.2) is 32.8 Å². The van der Waals surface area contributed by atoms with E-state index in [-0.39, 0.29) is 24.1 Å². The molecule has 2 aromatic carbocycles. The molecule has 0 aliphatic carbocycles. The summed E-state index contributed by atoms with van der Waals surface area (Å²) in [7, 11) is 0. The van der Waals surface area contributed by atoms with Crippen molar-refractivity contribution in [2.45, 2.75) is 12.6 Å². The molecule has 5 rings (SSSR count). The van der Waals surface area contributed by atoms with Crippen molar-refractivity contribution < 1.29 is 9.21 Å². The third-order valence-corrected chi connectivity index (χ3v) is 4.82. The lowest BCUT2D eigenvalue weighted by molar-refractivity contribution is -0.119. The number of pyridine rings is 1. The van der Waals surface area contributed by atoms with Gasteiger partial charge in [0.2, 0.25) is 0 Å². The number of carbonyl (C=O) groups is 1. The van der Waals surface area contributed by atoms with Gasteiger partial charge >= 0.3 is 6.01 Å². The van der Waals surface area contributed by atoms with Crippen LogP contribution in [0.3, 0.4) is 0 Å². The summed E-state index contributed by atoms with van der Waals surface area (Å²) in [5.74, 6) is 0.195. The molecule has 0 fully saturated rings. The number of nitrogens with one attached hydrogen (secondary N) is 1. The quantitative estimate of drug-likeness (QED) is 0.568. The van der Waals surface area contributed by atoms with Gasteiger partial charge in [0.25, 0.3) is 5.89 Å². The van der Waals surface area contributed by atoms with Gasteiger partial charge in [-0.2, -0.15) is 0 Å². The van der Waals surface area contributed by atoms with Gasteiger partial charge in [-0.15, -0.1) is 5.10 Å². The molecule has 1 aliphatic heterocycles. The number of fused-ring (bicyclic) bond motifs is 1. The van der Waals surface area contributed by atoms with E-state index in [2.05, 4.69) is 20.5 Å². The SMILES string of the molecule is O=C1Cc2ccccc2C(c2ccccc2)=NC1Nc1nnc(-c2ccccn2)o1. The summed E-state index contributed by atoms with van der Waals surface area (Å²) in [6.45, 7) is 0. The summed E-state index contributed by atoms with van der Waals surface area (Å²) >= 11 is 0. The molecule has 1 atom stereocenters. The summed E-state index contributed by atoms with van der Waals surface area (Å²) < 4.78 is 5.66. The van der Waals surface area contributed by atoms with Crippen LogP contribution in [0.4, 0.5) is 6.01 Å². The molecular formula is C23H17N5O2. The van der Waals surface area contributed by atoms with E-state index in [9.17, 15) is 4.79 Å². The smallest absolute Gasteiger partial charge is 0.317 e. The van der Waals surface area contributed by atoms with Crippen molar-refractivity contribution in [2.24, 2.45) is 4.99 Å². The summed E-state index contributed by atoms with van der Waals surface area (Å²) in [5, 5.41) is 11.0. The Kier molecular flexibility index (Phi) is 4.61. The maximum absolute atomic E-state index is 13.0. The lowest BCUT2D eigenvalue weighted by Crippen LogP contribution is -2.29. The molecule has 0 amide bonds. The van der Waals surface area contributed by atoms with Crippen LogP contribution < -0.4 is 5.32 Å². The number of hydrogen-bond donors (Lipinski definition) is 1. The second kappa shape index (κ2) is 7.71. The van der Waals surface area contributed by atoms with Crippen LogP contribution >= 0.6 is 0 Å². The molecule has 1 unspecified atom stereocenters. The first kappa shape index (κ1) is 17.9. The maximum atomic E-state index is 13.0. The molecule has 0 radical (unpaired) electrons. The number of carbonyl (C=O) groups excluding carboxylic acids is 1. The molecule has 7 heteroatoms. The van der Waals surface area contributed by atoms with E-state index < -0.39 is 6.17 Å². The number of aromatic nitrogens is 3. The number of rotatable bonds is 4. The zero-order valence-electron chi connectivity index (χ0n) is 15.9. The Morgan fingerprint density at radius 2 is 1.70 bits per heavy atom. The molecule has 0 saturated heterocycles. The van der Waals surface area contributed by atoms with Crippen LogP contribution in [0, 0.1) is 0 Å². The molecule has 0 saturated carbocycles. The van der Waals surface area contributed by atoms with Gasteiger partial charge in [0.1, 0.15) is 5.69 Å². The minimum atomic E-state index is -0.843. The van der Waals surface area contributed by atoms with Crippen LogP contribution in [0.15, 0.2) is 88.4 Å². The van der Waals surface area contributed by atoms with Crippen LogP contribution in [0.5, 0.6) is 0 Å². The topological polar surface area (TPSA) is 93.3 Å². The van der Waals surface area contributed by atoms with Crippen molar-refractivity contribution in [2.75, 3.05) is 5.32 Å². The Hall–Kier alpha value is -4.13. The largest absolute Gasteiger partial charge is 0.402 e. The van der Waals surface area contributed by atoms with Gasteiger partial charge in [0.15, 0.2) is 11.9 Å². The summed E-state index contributed by atoms with van der Waals surface area (Å²) in [4.78, 5) is 21.9. The molecule has 7 nitrogen and oxygen atoms in total. The highest BCUT2D eigenvalue weighted by Crippen LogP contribution is 2.23. The van der Waals surface area contributed by atoms with E-state index in [0.29, 0.717) is 5.69 Å². The Bertz CT molecular complexity index is 1220. The van der Waals surface area contributed by atoms with Crippen LogP contribution in [-0.2, 0) is 11.2 Å². The molecule has 3 heterocycles. The number of ketones is 1. The molecule has 1 aliphatic rings. The number of nitrogens with zero attached hydrogens (tertiary/aromatic N) is 4. The first-order valence-electron chi connectivity index (χ1n) is 9.53. The van der Waals surface area contributed by atoms with Crippen molar-refractivity contribution >= 4 is 17.5 Å². The van der Waals surface area contributed by atoms with Crippen LogP contribution in [0.25, 0.3) is 11.6 Å². The molecule has 146 valence electrons. The van der Waals surface area contributed by atoms with Gasteiger partial charge < -0.3 is 9.73 Å². The number of anilines is 1. The highest BCUT2D eigenvalue weighted by molar-refractivity contribution is 6.16. The van der Waals surface area contributed by atoms with Gasteiger partial charge in [-0.1, -0.05) is 65.8 Å². The first-order valence-corrected chi connectivity index (χ1v) is 9.53. The summed E-state index contributed by atoms with van der Waals surface area (Å²) in [6, 6.07) is 23.2. The normalized spacial score (nSPS) is 15.8. The Labute approximate surface area is 172 Å². The summed E-state index contributed by atoms with van der Waals surface area (Å²) in [6.07, 6.45) is 1.06. The zero-order valence-corrected chi connectivity index (χ0v) is 15.9. The molecule has 4 aromatic rings. The molecule has 0 spiro atoms. The third kappa shape index (κ3) is 3.48. The van der Waals surface area contributed by atoms with Crippen molar-refractivity contribution in [3.05, 3.63) is 95.7 Å². The van der Waals surface area contributed by atoms with Crippen molar-refractivity contribution in [3.8, 4) is 11.6 Å². The second-order valence-electron chi connectivity index (χ2n) is 6.82.